The van der Waals surface area contributed by atoms with Gasteiger partial charge in [-0.05, 0) is 13.3 Å². The molecule has 1 atom stereocenters. The van der Waals surface area contributed by atoms with Crippen LogP contribution in [0.25, 0.3) is 0 Å². The van der Waals surface area contributed by atoms with E-state index in [9.17, 15) is 4.21 Å². The van der Waals surface area contributed by atoms with E-state index in [1.54, 1.807) is 6.92 Å². The molecule has 2 N–H and O–H groups in total. The van der Waals surface area contributed by atoms with Crippen LogP contribution in [0.4, 0.5) is 0 Å². The van der Waals surface area contributed by atoms with E-state index < -0.39 is 8.68 Å². The van der Waals surface area contributed by atoms with Crippen molar-refractivity contribution in [1.29, 1.82) is 0 Å². The third-order valence-corrected chi connectivity index (χ3v) is 3.22. The highest BCUT2D eigenvalue weighted by Gasteiger charge is 2.18. The largest absolute Gasteiger partial charge is 0.477 e. The van der Waals surface area contributed by atoms with E-state index in [1.807, 2.05) is 6.92 Å². The molecule has 1 aromatic rings. The van der Waals surface area contributed by atoms with Gasteiger partial charge in [-0.15, -0.1) is 0 Å². The summed E-state index contributed by atoms with van der Waals surface area (Å²) in [6.45, 7) is 4.10. The third kappa shape index (κ3) is 2.83. The van der Waals surface area contributed by atoms with Crippen molar-refractivity contribution in [2.75, 3.05) is 6.61 Å². The molecule has 0 aliphatic carbocycles. The van der Waals surface area contributed by atoms with E-state index in [4.69, 9.17) is 21.1 Å². The molecule has 84 valence electrons. The SMILES string of the molecule is CCOc1ncnc(CC)c1S(N)(=O)=S. The molecule has 0 bridgehead atoms. The molecule has 0 aromatic carbocycles. The zero-order valence-corrected chi connectivity index (χ0v) is 10.2. The minimum Gasteiger partial charge on any atom is -0.477 e. The van der Waals surface area contributed by atoms with Crippen LogP contribution in [0.15, 0.2) is 11.2 Å². The molecule has 0 saturated heterocycles. The van der Waals surface area contributed by atoms with Gasteiger partial charge in [-0.1, -0.05) is 6.92 Å². The van der Waals surface area contributed by atoms with E-state index in [1.165, 1.54) is 6.33 Å². The predicted octanol–water partition coefficient (Wildman–Crippen LogP) is 0.417. The Labute approximate surface area is 93.9 Å². The quantitative estimate of drug-likeness (QED) is 0.834. The fourth-order valence-electron chi connectivity index (χ4n) is 1.17. The van der Waals surface area contributed by atoms with Crippen LogP contribution in [-0.2, 0) is 26.3 Å². The normalized spacial score (nSPS) is 14.6. The molecule has 0 fully saturated rings. The highest BCUT2D eigenvalue weighted by Crippen LogP contribution is 2.22. The van der Waals surface area contributed by atoms with Gasteiger partial charge in [0.15, 0.2) is 0 Å². The first-order chi connectivity index (χ1) is 7.00. The van der Waals surface area contributed by atoms with Crippen LogP contribution in [0.1, 0.15) is 19.5 Å². The Kier molecular flexibility index (Phi) is 3.95. The number of nitrogens with two attached hydrogens (primary N) is 1. The van der Waals surface area contributed by atoms with Crippen LogP contribution in [0.2, 0.25) is 0 Å². The first-order valence-corrected chi connectivity index (χ1v) is 7.04. The lowest BCUT2D eigenvalue weighted by Crippen LogP contribution is -2.16. The zero-order chi connectivity index (χ0) is 11.5. The van der Waals surface area contributed by atoms with Crippen molar-refractivity contribution in [3.8, 4) is 5.88 Å². The Bertz CT molecular complexity index is 445. The van der Waals surface area contributed by atoms with Gasteiger partial charge in [0.2, 0.25) is 5.88 Å². The Hall–Kier alpha value is -0.790. The molecule has 0 aliphatic heterocycles. The van der Waals surface area contributed by atoms with Gasteiger partial charge in [0.05, 0.1) is 12.3 Å². The standard InChI is InChI=1S/C8H13N3O2S2/c1-3-6-7(15(9,12)14)8(13-4-2)11-5-10-6/h5H,3-4H2,1-2H3,(H2,9,12,14). The molecular formula is C8H13N3O2S2. The average molecular weight is 247 g/mol. The van der Waals surface area contributed by atoms with E-state index in [2.05, 4.69) is 9.97 Å². The lowest BCUT2D eigenvalue weighted by atomic mass is 10.3. The average Bonchev–Trinajstić information content (AvgIpc) is 2.16. The fourth-order valence-corrected chi connectivity index (χ4v) is 2.55. The van der Waals surface area contributed by atoms with Gasteiger partial charge in [0.1, 0.15) is 19.9 Å². The molecule has 7 heteroatoms. The number of nitrogens with zero attached hydrogens (tertiary/aromatic N) is 2. The molecule has 1 heterocycles. The summed E-state index contributed by atoms with van der Waals surface area (Å²) in [6.07, 6.45) is 1.94. The van der Waals surface area contributed by atoms with Gasteiger partial charge in [0, 0.05) is 11.2 Å². The van der Waals surface area contributed by atoms with Crippen LogP contribution in [-0.4, -0.2) is 20.8 Å². The Morgan fingerprint density at radius 3 is 2.67 bits per heavy atom. The van der Waals surface area contributed by atoms with Gasteiger partial charge in [0.25, 0.3) is 0 Å². The molecule has 0 radical (unpaired) electrons. The molecule has 1 unspecified atom stereocenters. The lowest BCUT2D eigenvalue weighted by molar-refractivity contribution is 0.315. The number of hydrogen-bond acceptors (Lipinski definition) is 5. The van der Waals surface area contributed by atoms with E-state index in [0.29, 0.717) is 18.7 Å². The molecular weight excluding hydrogens is 234 g/mol. The van der Waals surface area contributed by atoms with Crippen molar-refractivity contribution in [2.45, 2.75) is 25.2 Å². The minimum absolute atomic E-state index is 0.229. The van der Waals surface area contributed by atoms with E-state index in [0.717, 1.165) is 0 Å². The first-order valence-electron chi connectivity index (χ1n) is 4.50. The summed E-state index contributed by atoms with van der Waals surface area (Å²) in [4.78, 5) is 8.13. The number of rotatable bonds is 4. The predicted molar refractivity (Wildman–Crippen MR) is 60.5 cm³/mol. The van der Waals surface area contributed by atoms with Crippen LogP contribution >= 0.6 is 0 Å². The number of ether oxygens (including phenoxy) is 1. The molecule has 0 aliphatic rings. The Balaban J connectivity index is 3.41. The second-order valence-corrected chi connectivity index (χ2v) is 5.77. The summed E-state index contributed by atoms with van der Waals surface area (Å²) in [5, 5.41) is 5.45. The maximum atomic E-state index is 11.7. The topological polar surface area (TPSA) is 78.1 Å². The summed E-state index contributed by atoms with van der Waals surface area (Å²) >= 11 is 4.75. The fraction of sp³-hybridized carbons (Fsp3) is 0.500. The van der Waals surface area contributed by atoms with Crippen LogP contribution in [0, 0.1) is 0 Å². The third-order valence-electron chi connectivity index (χ3n) is 1.75. The highest BCUT2D eigenvalue weighted by molar-refractivity contribution is 8.31. The Morgan fingerprint density at radius 2 is 2.20 bits per heavy atom. The van der Waals surface area contributed by atoms with Crippen molar-refractivity contribution in [3.63, 3.8) is 0 Å². The van der Waals surface area contributed by atoms with Crippen molar-refractivity contribution >= 4 is 19.9 Å². The molecule has 15 heavy (non-hydrogen) atoms. The molecule has 1 rings (SSSR count). The molecule has 0 spiro atoms. The van der Waals surface area contributed by atoms with E-state index in [-0.39, 0.29) is 10.8 Å². The second kappa shape index (κ2) is 4.82. The van der Waals surface area contributed by atoms with E-state index >= 15 is 0 Å². The highest BCUT2D eigenvalue weighted by atomic mass is 32.8. The minimum atomic E-state index is -3.02. The van der Waals surface area contributed by atoms with Crippen molar-refractivity contribution in [2.24, 2.45) is 5.14 Å². The van der Waals surface area contributed by atoms with Gasteiger partial charge in [-0.2, -0.15) is 0 Å². The van der Waals surface area contributed by atoms with Gasteiger partial charge >= 0.3 is 0 Å². The number of hydrogen-bond donors (Lipinski definition) is 1. The van der Waals surface area contributed by atoms with Crippen molar-refractivity contribution < 1.29 is 8.95 Å². The first kappa shape index (κ1) is 12.3. The van der Waals surface area contributed by atoms with Crippen LogP contribution in [0.3, 0.4) is 0 Å². The summed E-state index contributed by atoms with van der Waals surface area (Å²) in [6, 6.07) is 0. The summed E-state index contributed by atoms with van der Waals surface area (Å²) in [5.41, 5.74) is 0.580. The number of aromatic nitrogens is 2. The maximum absolute atomic E-state index is 11.7. The smallest absolute Gasteiger partial charge is 0.234 e. The van der Waals surface area contributed by atoms with Crippen molar-refractivity contribution in [3.05, 3.63) is 12.0 Å². The second-order valence-electron chi connectivity index (χ2n) is 2.79. The Morgan fingerprint density at radius 1 is 1.53 bits per heavy atom. The van der Waals surface area contributed by atoms with Gasteiger partial charge in [-0.3, -0.25) is 0 Å². The van der Waals surface area contributed by atoms with Gasteiger partial charge < -0.3 is 4.74 Å². The monoisotopic (exact) mass is 247 g/mol. The molecule has 1 aromatic heterocycles. The zero-order valence-electron chi connectivity index (χ0n) is 8.60. The van der Waals surface area contributed by atoms with Crippen LogP contribution < -0.4 is 9.88 Å². The molecule has 0 saturated carbocycles. The summed E-state index contributed by atoms with van der Waals surface area (Å²) in [7, 11) is -3.02. The lowest BCUT2D eigenvalue weighted by Gasteiger charge is -2.11. The molecule has 5 nitrogen and oxygen atoms in total. The molecule has 0 amide bonds. The maximum Gasteiger partial charge on any atom is 0.234 e. The summed E-state index contributed by atoms with van der Waals surface area (Å²) < 4.78 is 16.9. The van der Waals surface area contributed by atoms with Crippen LogP contribution in [0.5, 0.6) is 5.88 Å². The number of aryl methyl sites for hydroxylation is 1. The summed E-state index contributed by atoms with van der Waals surface area (Å²) in [5.74, 6) is 0.229. The van der Waals surface area contributed by atoms with Crippen molar-refractivity contribution in [1.82, 2.24) is 9.97 Å². The van der Waals surface area contributed by atoms with Gasteiger partial charge in [-0.25, -0.2) is 19.3 Å².